The number of rotatable bonds is 10. The molecule has 4 aliphatic heterocycles. The fraction of sp³-hybridized carbons (Fsp3) is 0.0930. The first-order valence-corrected chi connectivity index (χ1v) is 33.0. The molecule has 0 saturated carbocycles. The Balaban J connectivity index is 1.02. The Morgan fingerprint density at radius 1 is 0.223 bits per heavy atom. The molecular weight excluding hydrogens is 1140 g/mol. The molecule has 0 radical (unpaired) electrons. The van der Waals surface area contributed by atoms with Crippen LogP contribution in [-0.2, 0) is 10.8 Å². The summed E-state index contributed by atoms with van der Waals surface area (Å²) in [5.41, 5.74) is 29.8. The van der Waals surface area contributed by atoms with Crippen molar-refractivity contribution >= 4 is 149 Å². The van der Waals surface area contributed by atoms with Gasteiger partial charge in [0.1, 0.15) is 0 Å². The molecule has 450 valence electrons. The van der Waals surface area contributed by atoms with Crippen LogP contribution in [0.3, 0.4) is 0 Å². The molecule has 0 amide bonds. The predicted molar refractivity (Wildman–Crippen MR) is 401 cm³/mol. The van der Waals surface area contributed by atoms with Crippen LogP contribution in [0.1, 0.15) is 52.7 Å². The summed E-state index contributed by atoms with van der Waals surface area (Å²) in [6, 6.07) is 118. The van der Waals surface area contributed by atoms with Gasteiger partial charge < -0.3 is 29.4 Å². The second kappa shape index (κ2) is 22.3. The molecule has 13 aromatic carbocycles. The van der Waals surface area contributed by atoms with Gasteiger partial charge in [-0.1, -0.05) is 217 Å². The van der Waals surface area contributed by atoms with Crippen molar-refractivity contribution in [2.24, 2.45) is 0 Å². The minimum Gasteiger partial charge on any atom is -0.311 e. The Bertz CT molecular complexity index is 4640. The summed E-state index contributed by atoms with van der Waals surface area (Å²) in [7, 11) is 0. The lowest BCUT2D eigenvalue weighted by Crippen LogP contribution is -2.65. The van der Waals surface area contributed by atoms with Gasteiger partial charge in [0.25, 0.3) is 13.4 Å². The van der Waals surface area contributed by atoms with Crippen LogP contribution in [0.5, 0.6) is 0 Å². The summed E-state index contributed by atoms with van der Waals surface area (Å²) in [6.07, 6.45) is 0. The minimum atomic E-state index is -0.176. The summed E-state index contributed by atoms with van der Waals surface area (Å²) >= 11 is 0. The first-order chi connectivity index (χ1) is 45.9. The third-order valence-electron chi connectivity index (χ3n) is 19.6. The summed E-state index contributed by atoms with van der Waals surface area (Å²) in [6.45, 7) is 13.6. The van der Waals surface area contributed by atoms with E-state index in [1.807, 2.05) is 0 Å². The molecule has 6 nitrogen and oxygen atoms in total. The second-order valence-corrected chi connectivity index (χ2v) is 27.4. The van der Waals surface area contributed by atoms with E-state index in [1.54, 1.807) is 0 Å². The normalized spacial score (nSPS) is 13.3. The molecule has 17 rings (SSSR count). The topological polar surface area (TPSA) is 19.4 Å². The van der Waals surface area contributed by atoms with Gasteiger partial charge in [-0.3, -0.25) is 0 Å². The van der Waals surface area contributed by atoms with Gasteiger partial charge in [-0.15, -0.1) is 0 Å². The number of anilines is 18. The molecule has 8 heteroatoms. The number of hydrogen-bond donors (Lipinski definition) is 0. The number of para-hydroxylation sites is 8. The highest BCUT2D eigenvalue weighted by molar-refractivity contribution is 7.03. The lowest BCUT2D eigenvalue weighted by molar-refractivity contribution is 0.590. The van der Waals surface area contributed by atoms with Crippen molar-refractivity contribution in [2.75, 3.05) is 29.4 Å². The third-order valence-corrected chi connectivity index (χ3v) is 19.6. The first-order valence-electron chi connectivity index (χ1n) is 33.0. The summed E-state index contributed by atoms with van der Waals surface area (Å²) in [5, 5.41) is 0. The summed E-state index contributed by atoms with van der Waals surface area (Å²) in [4.78, 5) is 15.2. The van der Waals surface area contributed by atoms with Crippen molar-refractivity contribution in [2.45, 2.75) is 52.4 Å². The van der Waals surface area contributed by atoms with E-state index in [9.17, 15) is 0 Å². The fourth-order valence-electron chi connectivity index (χ4n) is 15.3. The maximum absolute atomic E-state index is 2.66. The van der Waals surface area contributed by atoms with Crippen LogP contribution in [0.4, 0.5) is 102 Å². The van der Waals surface area contributed by atoms with E-state index in [2.05, 4.69) is 386 Å². The van der Waals surface area contributed by atoms with E-state index in [-0.39, 0.29) is 24.3 Å². The predicted octanol–water partition coefficient (Wildman–Crippen LogP) is 19.4. The zero-order chi connectivity index (χ0) is 63.4. The van der Waals surface area contributed by atoms with Crippen LogP contribution in [0.15, 0.2) is 315 Å². The van der Waals surface area contributed by atoms with Gasteiger partial charge in [-0.25, -0.2) is 0 Å². The Labute approximate surface area is 553 Å². The van der Waals surface area contributed by atoms with Crippen molar-refractivity contribution in [3.05, 3.63) is 327 Å². The fourth-order valence-corrected chi connectivity index (χ4v) is 15.3. The molecule has 4 heterocycles. The van der Waals surface area contributed by atoms with Gasteiger partial charge in [0, 0.05) is 91.0 Å². The molecule has 0 spiro atoms. The molecule has 0 atom stereocenters. The Hall–Kier alpha value is -11.2. The van der Waals surface area contributed by atoms with Crippen LogP contribution < -0.4 is 62.2 Å². The molecule has 0 bridgehead atoms. The lowest BCUT2D eigenvalue weighted by atomic mass is 9.30. The number of benzene rings is 13. The minimum absolute atomic E-state index is 0.141. The third kappa shape index (κ3) is 9.33. The Kier molecular flexibility index (Phi) is 13.5. The largest absolute Gasteiger partial charge is 0.311 e. The molecule has 0 aromatic heterocycles. The zero-order valence-electron chi connectivity index (χ0n) is 53.9. The van der Waals surface area contributed by atoms with Crippen molar-refractivity contribution < 1.29 is 0 Å². The van der Waals surface area contributed by atoms with Gasteiger partial charge in [0.15, 0.2) is 0 Å². The quantitative estimate of drug-likeness (QED) is 0.126. The van der Waals surface area contributed by atoms with E-state index in [1.165, 1.54) is 43.9 Å². The van der Waals surface area contributed by atoms with Crippen LogP contribution in [-0.4, -0.2) is 13.4 Å². The molecule has 0 fully saturated rings. The molecule has 0 unspecified atom stereocenters. The van der Waals surface area contributed by atoms with Crippen molar-refractivity contribution in [3.8, 4) is 0 Å². The molecular formula is C86H70B2N6. The summed E-state index contributed by atoms with van der Waals surface area (Å²) in [5.74, 6) is 0. The highest BCUT2D eigenvalue weighted by atomic mass is 15.2. The van der Waals surface area contributed by atoms with E-state index in [0.717, 1.165) is 102 Å². The van der Waals surface area contributed by atoms with Gasteiger partial charge in [0.2, 0.25) is 0 Å². The van der Waals surface area contributed by atoms with Crippen LogP contribution in [0.25, 0.3) is 0 Å². The highest BCUT2D eigenvalue weighted by Crippen LogP contribution is 2.53. The molecule has 4 aliphatic rings. The van der Waals surface area contributed by atoms with Gasteiger partial charge in [0.05, 0.1) is 11.4 Å². The van der Waals surface area contributed by atoms with E-state index >= 15 is 0 Å². The van der Waals surface area contributed by atoms with E-state index in [4.69, 9.17) is 0 Å². The summed E-state index contributed by atoms with van der Waals surface area (Å²) < 4.78 is 0. The van der Waals surface area contributed by atoms with Crippen molar-refractivity contribution in [1.82, 2.24) is 0 Å². The standard InChI is InChI=1S/C86H70B2N6/c1-85(2,3)59-31-29-45-67(51-59)93-77-58-78-74(57-73(77)87-71-47-25-27-49-75(71)91(65-41-21-11-22-42-65)79-53-69(55-81(93)83(79)87)89(61-33-13-7-14-34-61)62-35-15-8-16-36-62)88-72-48-26-28-50-76(72)92(66-43-23-12-24-44-66)80-54-70(90(63-37-17-9-18-38-63)64-39-19-10-20-40-64)56-82(84(80)88)94(78)68-46-30-32-60(52-68)86(4,5)6/h7-58H,1-6H3. The van der Waals surface area contributed by atoms with Crippen LogP contribution in [0, 0.1) is 0 Å². The maximum atomic E-state index is 2.66. The average Bonchev–Trinajstić information content (AvgIpc) is 0.687. The van der Waals surface area contributed by atoms with E-state index in [0.29, 0.717) is 0 Å². The Morgan fingerprint density at radius 2 is 0.511 bits per heavy atom. The number of fused-ring (bicyclic) bond motifs is 8. The molecule has 0 aliphatic carbocycles. The lowest BCUT2D eigenvalue weighted by Gasteiger charge is -2.48. The smallest absolute Gasteiger partial charge is 0.252 e. The van der Waals surface area contributed by atoms with Crippen molar-refractivity contribution in [3.63, 3.8) is 0 Å². The van der Waals surface area contributed by atoms with Gasteiger partial charge in [-0.2, -0.15) is 0 Å². The molecule has 13 aromatic rings. The van der Waals surface area contributed by atoms with Crippen LogP contribution >= 0.6 is 0 Å². The monoisotopic (exact) mass is 1210 g/mol. The molecule has 0 saturated heterocycles. The average molecular weight is 1210 g/mol. The van der Waals surface area contributed by atoms with Crippen molar-refractivity contribution in [1.29, 1.82) is 0 Å². The van der Waals surface area contributed by atoms with Gasteiger partial charge in [-0.05, 0) is 194 Å². The van der Waals surface area contributed by atoms with Crippen LogP contribution in [0.2, 0.25) is 0 Å². The SMILES string of the molecule is CC(C)(C)c1cccc(N2c3cc4c(cc3B3c5ccccc5N(c5ccccc5)c5cc(N(c6ccccc6)c6ccccc6)cc2c53)B2c3ccccc3N(c3ccccc3)c3cc(N(c5ccccc5)c5ccccc5)cc(c32)N4c2cccc(C(C)(C)C)c2)c1. The molecule has 0 N–H and O–H groups in total. The van der Waals surface area contributed by atoms with Gasteiger partial charge >= 0.3 is 0 Å². The Morgan fingerprint density at radius 3 is 0.840 bits per heavy atom. The molecule has 94 heavy (non-hydrogen) atoms. The first kappa shape index (κ1) is 56.7. The van der Waals surface area contributed by atoms with E-state index < -0.39 is 0 Å². The number of hydrogen-bond acceptors (Lipinski definition) is 6. The zero-order valence-corrected chi connectivity index (χ0v) is 53.9. The maximum Gasteiger partial charge on any atom is 0.252 e. The second-order valence-electron chi connectivity index (χ2n) is 27.4. The number of nitrogens with zero attached hydrogens (tertiary/aromatic N) is 6. The highest BCUT2D eigenvalue weighted by Gasteiger charge is 2.49.